The van der Waals surface area contributed by atoms with E-state index < -0.39 is 0 Å². The maximum Gasteiger partial charge on any atom is 0.143 e. The molecule has 0 saturated carbocycles. The van der Waals surface area contributed by atoms with Gasteiger partial charge in [0.05, 0.1) is 27.1 Å². The molecule has 0 radical (unpaired) electrons. The quantitative estimate of drug-likeness (QED) is 0.178. The van der Waals surface area contributed by atoms with E-state index in [0.29, 0.717) is 0 Å². The van der Waals surface area contributed by atoms with Crippen molar-refractivity contribution in [1.82, 2.24) is 14.5 Å². The van der Waals surface area contributed by atoms with E-state index in [1.807, 2.05) is 17.4 Å². The molecule has 1 aliphatic carbocycles. The second-order valence-electron chi connectivity index (χ2n) is 15.5. The van der Waals surface area contributed by atoms with E-state index in [9.17, 15) is 0 Å². The largest absolute Gasteiger partial charge is 0.308 e. The van der Waals surface area contributed by atoms with Gasteiger partial charge in [-0.25, -0.2) is 9.97 Å². The molecule has 13 rings (SSSR count). The Morgan fingerprint density at radius 3 is 1.93 bits per heavy atom. The number of thiophene rings is 2. The van der Waals surface area contributed by atoms with Gasteiger partial charge in [0.1, 0.15) is 10.3 Å². The third-order valence-electron chi connectivity index (χ3n) is 12.3. The normalized spacial score (nSPS) is 12.9. The molecule has 0 spiro atoms. The second kappa shape index (κ2) is 12.8. The van der Waals surface area contributed by atoms with Crippen molar-refractivity contribution >= 4 is 102 Å². The summed E-state index contributed by atoms with van der Waals surface area (Å²) in [6, 6.07) is 59.6. The summed E-state index contributed by atoms with van der Waals surface area (Å²) in [5, 5.41) is 9.26. The summed E-state index contributed by atoms with van der Waals surface area (Å²) in [6.45, 7) is 0. The summed E-state index contributed by atoms with van der Waals surface area (Å²) in [6.07, 6.45) is 6.80. The number of nitrogens with zero attached hydrogens (tertiary/aromatic N) is 3. The molecule has 1 aliphatic rings. The highest BCUT2D eigenvalue weighted by Crippen LogP contribution is 2.49. The average molecular weight is 788 g/mol. The van der Waals surface area contributed by atoms with Crippen LogP contribution >= 0.6 is 22.7 Å². The van der Waals surface area contributed by atoms with E-state index in [4.69, 9.17) is 9.97 Å². The molecule has 3 nitrogen and oxygen atoms in total. The fourth-order valence-electron chi connectivity index (χ4n) is 9.62. The van der Waals surface area contributed by atoms with Crippen LogP contribution in [0.15, 0.2) is 170 Å². The average Bonchev–Trinajstić information content (AvgIpc) is 3.99. The van der Waals surface area contributed by atoms with Gasteiger partial charge in [0.2, 0.25) is 0 Å². The molecule has 0 saturated heterocycles. The summed E-state index contributed by atoms with van der Waals surface area (Å²) in [5.74, 6) is 0. The van der Waals surface area contributed by atoms with Crippen LogP contribution < -0.4 is 0 Å². The number of rotatable bonds is 4. The number of hydrogen-bond acceptors (Lipinski definition) is 4. The highest BCUT2D eigenvalue weighted by Gasteiger charge is 2.24. The highest BCUT2D eigenvalue weighted by molar-refractivity contribution is 7.27. The van der Waals surface area contributed by atoms with E-state index in [0.717, 1.165) is 62.3 Å². The van der Waals surface area contributed by atoms with Crippen LogP contribution in [0.3, 0.4) is 0 Å². The maximum absolute atomic E-state index is 5.28. The lowest BCUT2D eigenvalue weighted by Crippen LogP contribution is -1.95. The lowest BCUT2D eigenvalue weighted by molar-refractivity contribution is 0.999. The monoisotopic (exact) mass is 787 g/mol. The van der Waals surface area contributed by atoms with Crippen molar-refractivity contribution in [2.24, 2.45) is 0 Å². The van der Waals surface area contributed by atoms with Gasteiger partial charge < -0.3 is 4.57 Å². The van der Waals surface area contributed by atoms with Gasteiger partial charge in [0.15, 0.2) is 0 Å². The Bertz CT molecular complexity index is 3700. The zero-order chi connectivity index (χ0) is 38.6. The zero-order valence-corrected chi connectivity index (χ0v) is 33.4. The van der Waals surface area contributed by atoms with Crippen LogP contribution in [0, 0.1) is 0 Å². The predicted octanol–water partition coefficient (Wildman–Crippen LogP) is 15.4. The Hall–Kier alpha value is -6.92. The van der Waals surface area contributed by atoms with Gasteiger partial charge >= 0.3 is 0 Å². The van der Waals surface area contributed by atoms with Gasteiger partial charge in [-0.15, -0.1) is 22.7 Å². The molecule has 276 valence electrons. The molecule has 0 bridgehead atoms. The molecule has 4 heterocycles. The van der Waals surface area contributed by atoms with Crippen molar-refractivity contribution in [3.05, 3.63) is 181 Å². The smallest absolute Gasteiger partial charge is 0.143 e. The number of fused-ring (bicyclic) bond motifs is 15. The molecule has 0 unspecified atom stereocenters. The van der Waals surface area contributed by atoms with Crippen molar-refractivity contribution in [2.75, 3.05) is 0 Å². The number of benzene rings is 8. The Kier molecular flexibility index (Phi) is 7.17. The topological polar surface area (TPSA) is 30.7 Å². The fourth-order valence-corrected chi connectivity index (χ4v) is 11.9. The molecule has 0 amide bonds. The van der Waals surface area contributed by atoms with Crippen LogP contribution in [0.2, 0.25) is 0 Å². The summed E-state index contributed by atoms with van der Waals surface area (Å²) in [7, 11) is 0. The molecule has 4 aromatic heterocycles. The van der Waals surface area contributed by atoms with E-state index in [-0.39, 0.29) is 0 Å². The Balaban J connectivity index is 0.958. The third-order valence-corrected chi connectivity index (χ3v) is 14.5. The van der Waals surface area contributed by atoms with Crippen LogP contribution in [0.5, 0.6) is 0 Å². The molecular formula is C54H33N3S2. The lowest BCUT2D eigenvalue weighted by Gasteiger charge is -2.14. The molecule has 0 aliphatic heterocycles. The summed E-state index contributed by atoms with van der Waals surface area (Å²) >= 11 is 3.65. The molecular weight excluding hydrogens is 755 g/mol. The molecule has 12 aromatic rings. The van der Waals surface area contributed by atoms with Gasteiger partial charge in [-0.1, -0.05) is 146 Å². The van der Waals surface area contributed by atoms with Gasteiger partial charge in [0, 0.05) is 53.1 Å². The SMILES string of the molecule is C1=Cc2ccc3sc4c(c5ccccc5c5c6ccccc6n(-c6ccc(-c7ccc(-c8nc9sc%10ccccc%10c9nc8-c8ccccc8)cc7)cc6)c45)c3c2CC1. The van der Waals surface area contributed by atoms with Crippen LogP contribution in [0.1, 0.15) is 17.5 Å². The van der Waals surface area contributed by atoms with Crippen molar-refractivity contribution in [1.29, 1.82) is 0 Å². The molecule has 0 N–H and O–H groups in total. The first-order valence-corrected chi connectivity index (χ1v) is 21.8. The van der Waals surface area contributed by atoms with E-state index >= 15 is 0 Å². The second-order valence-corrected chi connectivity index (χ2v) is 17.6. The zero-order valence-electron chi connectivity index (χ0n) is 31.8. The summed E-state index contributed by atoms with van der Waals surface area (Å²) in [5.41, 5.74) is 13.8. The van der Waals surface area contributed by atoms with Crippen LogP contribution in [-0.2, 0) is 6.42 Å². The number of para-hydroxylation sites is 1. The summed E-state index contributed by atoms with van der Waals surface area (Å²) < 4.78 is 6.45. The van der Waals surface area contributed by atoms with Crippen molar-refractivity contribution in [2.45, 2.75) is 12.8 Å². The first-order valence-electron chi connectivity index (χ1n) is 20.2. The number of aromatic nitrogens is 3. The van der Waals surface area contributed by atoms with Crippen LogP contribution in [-0.4, -0.2) is 14.5 Å². The van der Waals surface area contributed by atoms with E-state index in [2.05, 4.69) is 174 Å². The van der Waals surface area contributed by atoms with E-state index in [1.54, 1.807) is 11.3 Å². The minimum Gasteiger partial charge on any atom is -0.308 e. The van der Waals surface area contributed by atoms with Crippen LogP contribution in [0.25, 0.3) is 119 Å². The van der Waals surface area contributed by atoms with Gasteiger partial charge in [0.25, 0.3) is 0 Å². The molecule has 5 heteroatoms. The maximum atomic E-state index is 5.28. The first-order chi connectivity index (χ1) is 29.3. The standard InChI is InChI=1S/C54H33N3S2/c1-2-13-35(14-3-1)49-50(56-54-51(55-49)42-19-9-11-21-44(42)59-54)36-24-22-32(23-25-36)33-26-29-37(30-27-33)57-43-20-10-8-18-41(43)46-39-16-6-7-17-40(39)48-47-38-15-5-4-12-34(38)28-31-45(47)58-53(48)52(46)57/h1-4,6-14,16-31H,5,15H2. The Morgan fingerprint density at radius 2 is 1.12 bits per heavy atom. The van der Waals surface area contributed by atoms with Crippen molar-refractivity contribution in [3.63, 3.8) is 0 Å². The molecule has 0 fully saturated rings. The Labute approximate surface area is 347 Å². The van der Waals surface area contributed by atoms with Crippen LogP contribution in [0.4, 0.5) is 0 Å². The van der Waals surface area contributed by atoms with Gasteiger partial charge in [-0.2, -0.15) is 0 Å². The number of aryl methyl sites for hydroxylation is 1. The fraction of sp³-hybridized carbons (Fsp3) is 0.0370. The van der Waals surface area contributed by atoms with E-state index in [1.165, 1.54) is 74.1 Å². The number of hydrogen-bond donors (Lipinski definition) is 0. The van der Waals surface area contributed by atoms with Crippen molar-refractivity contribution in [3.8, 4) is 39.3 Å². The van der Waals surface area contributed by atoms with Gasteiger partial charge in [-0.3, -0.25) is 0 Å². The Morgan fingerprint density at radius 1 is 0.475 bits per heavy atom. The summed E-state index contributed by atoms with van der Waals surface area (Å²) in [4.78, 5) is 11.5. The lowest BCUT2D eigenvalue weighted by atomic mass is 9.91. The van der Waals surface area contributed by atoms with Gasteiger partial charge in [-0.05, 0) is 76.2 Å². The minimum absolute atomic E-state index is 0.903. The highest BCUT2D eigenvalue weighted by atomic mass is 32.1. The first kappa shape index (κ1) is 33.1. The number of allylic oxidation sites excluding steroid dienone is 1. The third kappa shape index (κ3) is 4.92. The molecule has 59 heavy (non-hydrogen) atoms. The molecule has 8 aromatic carbocycles. The molecule has 0 atom stereocenters. The minimum atomic E-state index is 0.903. The predicted molar refractivity (Wildman–Crippen MR) is 253 cm³/mol. The van der Waals surface area contributed by atoms with Crippen molar-refractivity contribution < 1.29 is 0 Å².